The van der Waals surface area contributed by atoms with E-state index in [4.69, 9.17) is 5.11 Å². The van der Waals surface area contributed by atoms with Crippen LogP contribution in [0.2, 0.25) is 0 Å². The lowest BCUT2D eigenvalue weighted by Gasteiger charge is -2.07. The molecule has 20 heavy (non-hydrogen) atoms. The number of hydrogen-bond donors (Lipinski definition) is 1. The highest BCUT2D eigenvalue weighted by Gasteiger charge is 2.09. The van der Waals surface area contributed by atoms with Gasteiger partial charge in [-0.1, -0.05) is 37.7 Å². The van der Waals surface area contributed by atoms with Crippen LogP contribution >= 0.6 is 27.7 Å². The van der Waals surface area contributed by atoms with Crippen molar-refractivity contribution in [2.24, 2.45) is 0 Å². The van der Waals surface area contributed by atoms with Crippen molar-refractivity contribution < 1.29 is 9.90 Å². The second-order valence-electron chi connectivity index (χ2n) is 4.77. The van der Waals surface area contributed by atoms with Gasteiger partial charge >= 0.3 is 5.97 Å². The van der Waals surface area contributed by atoms with Crippen molar-refractivity contribution in [2.75, 3.05) is 0 Å². The zero-order valence-electron chi connectivity index (χ0n) is 11.3. The summed E-state index contributed by atoms with van der Waals surface area (Å²) in [7, 11) is 0. The molecule has 2 rings (SSSR count). The third-order valence-electron chi connectivity index (χ3n) is 2.95. The van der Waals surface area contributed by atoms with Crippen LogP contribution in [0.1, 0.15) is 35.7 Å². The molecule has 0 aliphatic heterocycles. The van der Waals surface area contributed by atoms with Crippen molar-refractivity contribution in [2.45, 2.75) is 29.6 Å². The van der Waals surface area contributed by atoms with Gasteiger partial charge in [-0.05, 0) is 57.7 Å². The Kier molecular flexibility index (Phi) is 4.89. The van der Waals surface area contributed by atoms with Crippen LogP contribution in [0.3, 0.4) is 0 Å². The zero-order valence-corrected chi connectivity index (χ0v) is 13.7. The molecule has 0 saturated heterocycles. The number of halogens is 1. The van der Waals surface area contributed by atoms with Crippen LogP contribution in [-0.2, 0) is 0 Å². The maximum absolute atomic E-state index is 11.0. The Morgan fingerprint density at radius 3 is 2.20 bits per heavy atom. The van der Waals surface area contributed by atoms with Crippen molar-refractivity contribution in [3.63, 3.8) is 0 Å². The van der Waals surface area contributed by atoms with Crippen LogP contribution in [0.5, 0.6) is 0 Å². The third-order valence-corrected chi connectivity index (χ3v) is 4.61. The predicted octanol–water partition coefficient (Wildman–Crippen LogP) is 5.42. The average Bonchev–Trinajstić information content (AvgIpc) is 2.39. The molecule has 4 heteroatoms. The summed E-state index contributed by atoms with van der Waals surface area (Å²) in [6, 6.07) is 13.7. The second kappa shape index (κ2) is 6.46. The fourth-order valence-electron chi connectivity index (χ4n) is 1.79. The first-order valence-electron chi connectivity index (χ1n) is 6.28. The summed E-state index contributed by atoms with van der Waals surface area (Å²) in [6.07, 6.45) is 0. The van der Waals surface area contributed by atoms with Crippen LogP contribution in [-0.4, -0.2) is 11.1 Å². The molecule has 0 heterocycles. The zero-order chi connectivity index (χ0) is 14.7. The first kappa shape index (κ1) is 15.1. The van der Waals surface area contributed by atoms with E-state index in [1.54, 1.807) is 17.8 Å². The smallest absolute Gasteiger partial charge is 0.336 e. The van der Waals surface area contributed by atoms with E-state index in [0.717, 1.165) is 9.79 Å². The molecular formula is C16H15BrO2S. The van der Waals surface area contributed by atoms with Crippen LogP contribution in [0.15, 0.2) is 56.7 Å². The SMILES string of the molecule is CC(C)c1ccc(Sc2ccc(C(=O)O)c(Br)c2)cc1. The van der Waals surface area contributed by atoms with Gasteiger partial charge in [-0.3, -0.25) is 0 Å². The minimum atomic E-state index is -0.922. The van der Waals surface area contributed by atoms with Crippen molar-refractivity contribution in [1.29, 1.82) is 0 Å². The van der Waals surface area contributed by atoms with E-state index in [-0.39, 0.29) is 5.56 Å². The van der Waals surface area contributed by atoms with E-state index in [2.05, 4.69) is 54.0 Å². The lowest BCUT2D eigenvalue weighted by atomic mass is 10.0. The molecule has 1 N–H and O–H groups in total. The Bertz CT molecular complexity index is 621. The highest BCUT2D eigenvalue weighted by molar-refractivity contribution is 9.10. The maximum Gasteiger partial charge on any atom is 0.336 e. The molecule has 0 amide bonds. The van der Waals surface area contributed by atoms with Gasteiger partial charge in [0.1, 0.15) is 0 Å². The van der Waals surface area contributed by atoms with Crippen molar-refractivity contribution in [3.05, 3.63) is 58.1 Å². The molecule has 0 fully saturated rings. The average molecular weight is 351 g/mol. The minimum absolute atomic E-state index is 0.282. The Balaban J connectivity index is 2.17. The molecule has 0 spiro atoms. The summed E-state index contributed by atoms with van der Waals surface area (Å²) >= 11 is 4.92. The summed E-state index contributed by atoms with van der Waals surface area (Å²) < 4.78 is 0.605. The largest absolute Gasteiger partial charge is 0.478 e. The van der Waals surface area contributed by atoms with E-state index in [9.17, 15) is 4.79 Å². The number of carbonyl (C=O) groups is 1. The molecule has 104 valence electrons. The molecule has 0 unspecified atom stereocenters. The summed E-state index contributed by atoms with van der Waals surface area (Å²) in [5.41, 5.74) is 1.60. The molecule has 0 aliphatic carbocycles. The molecule has 0 bridgehead atoms. The lowest BCUT2D eigenvalue weighted by Crippen LogP contribution is -1.97. The topological polar surface area (TPSA) is 37.3 Å². The van der Waals surface area contributed by atoms with Crippen LogP contribution in [0.25, 0.3) is 0 Å². The number of benzene rings is 2. The quantitative estimate of drug-likeness (QED) is 0.799. The fraction of sp³-hybridized carbons (Fsp3) is 0.188. The van der Waals surface area contributed by atoms with E-state index < -0.39 is 5.97 Å². The molecule has 0 aromatic heterocycles. The fourth-order valence-corrected chi connectivity index (χ4v) is 3.35. The normalized spacial score (nSPS) is 10.8. The molecule has 2 aromatic carbocycles. The van der Waals surface area contributed by atoms with Gasteiger partial charge in [-0.15, -0.1) is 0 Å². The summed E-state index contributed by atoms with van der Waals surface area (Å²) in [5.74, 6) is -0.396. The lowest BCUT2D eigenvalue weighted by molar-refractivity contribution is 0.0696. The highest BCUT2D eigenvalue weighted by Crippen LogP contribution is 2.31. The van der Waals surface area contributed by atoms with Crippen LogP contribution in [0.4, 0.5) is 0 Å². The first-order valence-corrected chi connectivity index (χ1v) is 7.89. The standard InChI is InChI=1S/C16H15BrO2S/c1-10(2)11-3-5-12(6-4-11)20-13-7-8-14(16(18)19)15(17)9-13/h3-10H,1-2H3,(H,18,19). The van der Waals surface area contributed by atoms with E-state index in [1.165, 1.54) is 5.56 Å². The summed E-state index contributed by atoms with van der Waals surface area (Å²) in [5, 5.41) is 8.99. The number of carboxylic acid groups (broad SMARTS) is 1. The number of carboxylic acids is 1. The molecule has 0 radical (unpaired) electrons. The van der Waals surface area contributed by atoms with Gasteiger partial charge in [-0.25, -0.2) is 4.79 Å². The second-order valence-corrected chi connectivity index (χ2v) is 6.77. The maximum atomic E-state index is 11.0. The minimum Gasteiger partial charge on any atom is -0.478 e. The Morgan fingerprint density at radius 1 is 1.10 bits per heavy atom. The molecule has 0 saturated carbocycles. The summed E-state index contributed by atoms with van der Waals surface area (Å²) in [4.78, 5) is 13.1. The number of aromatic carboxylic acids is 1. The van der Waals surface area contributed by atoms with Crippen molar-refractivity contribution in [3.8, 4) is 0 Å². The van der Waals surface area contributed by atoms with Crippen LogP contribution in [0, 0.1) is 0 Å². The number of hydrogen-bond acceptors (Lipinski definition) is 2. The predicted molar refractivity (Wildman–Crippen MR) is 85.8 cm³/mol. The molecule has 2 aromatic rings. The van der Waals surface area contributed by atoms with Gasteiger partial charge in [0, 0.05) is 14.3 Å². The monoisotopic (exact) mass is 350 g/mol. The molecule has 0 atom stereocenters. The van der Waals surface area contributed by atoms with Crippen LogP contribution < -0.4 is 0 Å². The van der Waals surface area contributed by atoms with E-state index >= 15 is 0 Å². The highest BCUT2D eigenvalue weighted by atomic mass is 79.9. The van der Waals surface area contributed by atoms with Gasteiger partial charge in [0.25, 0.3) is 0 Å². The van der Waals surface area contributed by atoms with Crippen molar-refractivity contribution >= 4 is 33.7 Å². The van der Waals surface area contributed by atoms with Gasteiger partial charge in [0.05, 0.1) is 5.56 Å². The molecule has 2 nitrogen and oxygen atoms in total. The van der Waals surface area contributed by atoms with E-state index in [0.29, 0.717) is 10.4 Å². The Morgan fingerprint density at radius 2 is 1.70 bits per heavy atom. The number of rotatable bonds is 4. The van der Waals surface area contributed by atoms with E-state index in [1.807, 2.05) is 12.1 Å². The van der Waals surface area contributed by atoms with Gasteiger partial charge in [-0.2, -0.15) is 0 Å². The Hall–Kier alpha value is -1.26. The van der Waals surface area contributed by atoms with Gasteiger partial charge in [0.2, 0.25) is 0 Å². The first-order chi connectivity index (χ1) is 9.47. The van der Waals surface area contributed by atoms with Gasteiger partial charge < -0.3 is 5.11 Å². The summed E-state index contributed by atoms with van der Waals surface area (Å²) in [6.45, 7) is 4.34. The Labute approximate surface area is 131 Å². The van der Waals surface area contributed by atoms with Gasteiger partial charge in [0.15, 0.2) is 0 Å². The molecule has 0 aliphatic rings. The third kappa shape index (κ3) is 3.64. The van der Waals surface area contributed by atoms with Crippen molar-refractivity contribution in [1.82, 2.24) is 0 Å². The molecular weight excluding hydrogens is 336 g/mol.